The molecule has 1 saturated heterocycles. The van der Waals surface area contributed by atoms with E-state index in [0.29, 0.717) is 39.0 Å². The lowest BCUT2D eigenvalue weighted by atomic mass is 10.0. The summed E-state index contributed by atoms with van der Waals surface area (Å²) in [6, 6.07) is 8.36. The Morgan fingerprint density at radius 2 is 1.58 bits per heavy atom. The Balaban J connectivity index is 1.37. The first kappa shape index (κ1) is 18.9. The van der Waals surface area contributed by atoms with Gasteiger partial charge in [-0.3, -0.25) is 9.59 Å². The van der Waals surface area contributed by atoms with Crippen molar-refractivity contribution in [3.8, 4) is 0 Å². The number of hydrogen-bond acceptors (Lipinski definition) is 2. The van der Waals surface area contributed by atoms with Crippen molar-refractivity contribution in [3.05, 3.63) is 35.4 Å². The highest BCUT2D eigenvalue weighted by Crippen LogP contribution is 2.28. The third kappa shape index (κ3) is 5.33. The van der Waals surface area contributed by atoms with Gasteiger partial charge in [0.15, 0.2) is 0 Å². The average Bonchev–Trinajstić information content (AvgIpc) is 3.18. The summed E-state index contributed by atoms with van der Waals surface area (Å²) in [7, 11) is 0. The van der Waals surface area contributed by atoms with Crippen molar-refractivity contribution in [1.29, 1.82) is 0 Å². The number of amides is 2. The second-order valence-corrected chi connectivity index (χ2v) is 7.94. The smallest absolute Gasteiger partial charge is 0.223 e. The Hall–Kier alpha value is -1.84. The molecule has 1 heterocycles. The second-order valence-electron chi connectivity index (χ2n) is 7.94. The largest absolute Gasteiger partial charge is 0.339 e. The van der Waals surface area contributed by atoms with Gasteiger partial charge in [0, 0.05) is 39.0 Å². The molecule has 0 atom stereocenters. The Bertz CT molecular complexity index is 614. The number of rotatable bonds is 6. The van der Waals surface area contributed by atoms with Crippen molar-refractivity contribution in [2.24, 2.45) is 5.92 Å². The normalized spacial score (nSPS) is 18.3. The van der Waals surface area contributed by atoms with Crippen LogP contribution in [0.25, 0.3) is 0 Å². The summed E-state index contributed by atoms with van der Waals surface area (Å²) in [5.41, 5.74) is 2.46. The second kappa shape index (κ2) is 9.20. The van der Waals surface area contributed by atoms with Gasteiger partial charge >= 0.3 is 0 Å². The van der Waals surface area contributed by atoms with Crippen LogP contribution >= 0.6 is 0 Å². The van der Waals surface area contributed by atoms with Crippen LogP contribution in [0.3, 0.4) is 0 Å². The summed E-state index contributed by atoms with van der Waals surface area (Å²) in [6.07, 6.45) is 8.36. The molecule has 2 aliphatic rings. The van der Waals surface area contributed by atoms with Crippen LogP contribution in [-0.4, -0.2) is 47.8 Å². The van der Waals surface area contributed by atoms with E-state index in [1.807, 2.05) is 15.9 Å². The lowest BCUT2D eigenvalue weighted by molar-refractivity contribution is -0.139. The molecule has 1 aromatic carbocycles. The molecule has 2 amide bonds. The first-order valence-corrected chi connectivity index (χ1v) is 10.2. The molecule has 1 saturated carbocycles. The predicted octanol–water partition coefficient (Wildman–Crippen LogP) is 3.57. The third-order valence-electron chi connectivity index (χ3n) is 5.94. The molecular formula is C22H32N2O2. The Morgan fingerprint density at radius 1 is 0.962 bits per heavy atom. The standard InChI is InChI=1S/C22H32N2O2/c1-18-5-4-8-20(17-18)10-12-22(26)24-15-13-23(14-16-24)21(25)11-9-19-6-2-3-7-19/h4-5,8,17,19H,2-3,6-7,9-16H2,1H3. The van der Waals surface area contributed by atoms with E-state index in [9.17, 15) is 9.59 Å². The van der Waals surface area contributed by atoms with Crippen molar-refractivity contribution in [2.45, 2.75) is 58.3 Å². The number of benzene rings is 1. The van der Waals surface area contributed by atoms with Gasteiger partial charge in [-0.2, -0.15) is 0 Å². The van der Waals surface area contributed by atoms with Crippen molar-refractivity contribution in [1.82, 2.24) is 9.80 Å². The van der Waals surface area contributed by atoms with Gasteiger partial charge in [-0.05, 0) is 31.2 Å². The van der Waals surface area contributed by atoms with Crippen molar-refractivity contribution in [2.75, 3.05) is 26.2 Å². The Labute approximate surface area is 157 Å². The molecule has 142 valence electrons. The topological polar surface area (TPSA) is 40.6 Å². The molecule has 0 unspecified atom stereocenters. The van der Waals surface area contributed by atoms with Crippen LogP contribution in [0.5, 0.6) is 0 Å². The highest BCUT2D eigenvalue weighted by Gasteiger charge is 2.24. The maximum Gasteiger partial charge on any atom is 0.223 e. The van der Waals surface area contributed by atoms with E-state index in [1.54, 1.807) is 0 Å². The number of carbonyl (C=O) groups excluding carboxylic acids is 2. The van der Waals surface area contributed by atoms with Gasteiger partial charge < -0.3 is 9.80 Å². The molecule has 1 aliphatic carbocycles. The summed E-state index contributed by atoms with van der Waals surface area (Å²) in [6.45, 7) is 4.83. The van der Waals surface area contributed by atoms with Crippen LogP contribution in [0.1, 0.15) is 56.1 Å². The zero-order valence-electron chi connectivity index (χ0n) is 16.1. The molecule has 0 N–H and O–H groups in total. The van der Waals surface area contributed by atoms with Gasteiger partial charge in [0.1, 0.15) is 0 Å². The quantitative estimate of drug-likeness (QED) is 0.782. The van der Waals surface area contributed by atoms with Crippen molar-refractivity contribution in [3.63, 3.8) is 0 Å². The molecule has 0 radical (unpaired) electrons. The van der Waals surface area contributed by atoms with Crippen molar-refractivity contribution < 1.29 is 9.59 Å². The summed E-state index contributed by atoms with van der Waals surface area (Å²) in [5, 5.41) is 0. The summed E-state index contributed by atoms with van der Waals surface area (Å²) in [4.78, 5) is 28.7. The molecule has 0 aromatic heterocycles. The van der Waals surface area contributed by atoms with Gasteiger partial charge in [-0.15, -0.1) is 0 Å². The molecule has 0 bridgehead atoms. The predicted molar refractivity (Wildman–Crippen MR) is 104 cm³/mol. The minimum atomic E-state index is 0.213. The maximum atomic E-state index is 12.5. The van der Waals surface area contributed by atoms with Crippen LogP contribution in [0.4, 0.5) is 0 Å². The fraction of sp³-hybridized carbons (Fsp3) is 0.636. The molecule has 1 aromatic rings. The van der Waals surface area contributed by atoms with Gasteiger partial charge in [0.25, 0.3) is 0 Å². The SMILES string of the molecule is Cc1cccc(CCC(=O)N2CCN(C(=O)CCC3CCCC3)CC2)c1. The molecule has 2 fully saturated rings. The van der Waals surface area contributed by atoms with Crippen LogP contribution in [-0.2, 0) is 16.0 Å². The number of hydrogen-bond donors (Lipinski definition) is 0. The monoisotopic (exact) mass is 356 g/mol. The van der Waals surface area contributed by atoms with E-state index in [-0.39, 0.29) is 11.8 Å². The number of piperazine rings is 1. The first-order chi connectivity index (χ1) is 12.6. The molecule has 26 heavy (non-hydrogen) atoms. The van der Waals surface area contributed by atoms with E-state index >= 15 is 0 Å². The van der Waals surface area contributed by atoms with Gasteiger partial charge in [0.05, 0.1) is 0 Å². The van der Waals surface area contributed by atoms with E-state index < -0.39 is 0 Å². The molecule has 3 rings (SSSR count). The fourth-order valence-corrected chi connectivity index (χ4v) is 4.27. The number of carbonyl (C=O) groups is 2. The Kier molecular flexibility index (Phi) is 6.70. The van der Waals surface area contributed by atoms with E-state index in [1.165, 1.54) is 36.8 Å². The third-order valence-corrected chi connectivity index (χ3v) is 5.94. The van der Waals surface area contributed by atoms with Crippen molar-refractivity contribution >= 4 is 11.8 Å². The first-order valence-electron chi connectivity index (χ1n) is 10.2. The summed E-state index contributed by atoms with van der Waals surface area (Å²) in [5.74, 6) is 1.26. The molecule has 4 heteroatoms. The lowest BCUT2D eigenvalue weighted by Crippen LogP contribution is -2.50. The highest BCUT2D eigenvalue weighted by molar-refractivity contribution is 5.78. The lowest BCUT2D eigenvalue weighted by Gasteiger charge is -2.35. The molecule has 1 aliphatic heterocycles. The number of aryl methyl sites for hydroxylation is 2. The molecule has 4 nitrogen and oxygen atoms in total. The minimum absolute atomic E-state index is 0.213. The Morgan fingerprint density at radius 3 is 2.19 bits per heavy atom. The molecular weight excluding hydrogens is 324 g/mol. The van der Waals surface area contributed by atoms with E-state index in [0.717, 1.165) is 18.8 Å². The highest BCUT2D eigenvalue weighted by atomic mass is 16.2. The molecule has 0 spiro atoms. The zero-order valence-corrected chi connectivity index (χ0v) is 16.1. The summed E-state index contributed by atoms with van der Waals surface area (Å²) < 4.78 is 0. The van der Waals surface area contributed by atoms with Gasteiger partial charge in [0.2, 0.25) is 11.8 Å². The van der Waals surface area contributed by atoms with E-state index in [2.05, 4.69) is 25.1 Å². The number of nitrogens with zero attached hydrogens (tertiary/aromatic N) is 2. The van der Waals surface area contributed by atoms with Crippen LogP contribution in [0.15, 0.2) is 24.3 Å². The fourth-order valence-electron chi connectivity index (χ4n) is 4.27. The van der Waals surface area contributed by atoms with Crippen LogP contribution < -0.4 is 0 Å². The minimum Gasteiger partial charge on any atom is -0.339 e. The van der Waals surface area contributed by atoms with Crippen LogP contribution in [0.2, 0.25) is 0 Å². The van der Waals surface area contributed by atoms with E-state index in [4.69, 9.17) is 0 Å². The summed E-state index contributed by atoms with van der Waals surface area (Å²) >= 11 is 0. The van der Waals surface area contributed by atoms with Crippen LogP contribution in [0, 0.1) is 12.8 Å². The maximum absolute atomic E-state index is 12.5. The average molecular weight is 357 g/mol. The van der Waals surface area contributed by atoms with Gasteiger partial charge in [-0.1, -0.05) is 55.5 Å². The van der Waals surface area contributed by atoms with Gasteiger partial charge in [-0.25, -0.2) is 0 Å². The zero-order chi connectivity index (χ0) is 18.4.